The summed E-state index contributed by atoms with van der Waals surface area (Å²) in [5.74, 6) is -44.5. The number of rotatable bonds is 18. The minimum absolute atomic E-state index is 0.114. The van der Waals surface area contributed by atoms with Gasteiger partial charge in [-0.25, -0.2) is 4.57 Å². The van der Waals surface area contributed by atoms with Gasteiger partial charge in [-0.15, -0.1) is 0 Å². The molecule has 0 bridgehead atoms. The van der Waals surface area contributed by atoms with Crippen molar-refractivity contribution in [1.82, 2.24) is 5.06 Å². The zero-order chi connectivity index (χ0) is 33.9. The molecule has 0 spiro atoms. The zero-order valence-electron chi connectivity index (χ0n) is 19.9. The van der Waals surface area contributed by atoms with E-state index in [0.29, 0.717) is 0 Å². The van der Waals surface area contributed by atoms with Crippen LogP contribution in [0.1, 0.15) is 12.8 Å². The van der Waals surface area contributed by atoms with Crippen molar-refractivity contribution in [3.8, 4) is 0 Å². The smallest absolute Gasteiger partial charge is 0.395 e. The highest BCUT2D eigenvalue weighted by Gasteiger charge is 2.90. The van der Waals surface area contributed by atoms with Crippen LogP contribution < -0.4 is 0 Å². The van der Waals surface area contributed by atoms with Crippen LogP contribution in [0.4, 0.5) is 79.0 Å². The van der Waals surface area contributed by atoms with Gasteiger partial charge in [0.05, 0.1) is 26.4 Å². The molecule has 7 nitrogen and oxygen atoms in total. The molecule has 0 aromatic carbocycles. The maximum atomic E-state index is 13.9. The standard InChI is InChI=1S/C16H18F18NO6P/c17-9(18,11(21,22)12(23,24)13(25,26)14(27,28)16(32,33)34)1-7-39-42(38,41-35(3-5-36)4-6-37)40-8-2-10(19,20)15(29,30)31/h36-37H,1-8H2. The summed E-state index contributed by atoms with van der Waals surface area (Å²) >= 11 is 0. The monoisotopic (exact) mass is 693 g/mol. The molecule has 1 atom stereocenters. The van der Waals surface area contributed by atoms with E-state index in [2.05, 4.69) is 13.7 Å². The molecule has 0 heterocycles. The highest BCUT2D eigenvalue weighted by molar-refractivity contribution is 7.48. The van der Waals surface area contributed by atoms with E-state index >= 15 is 0 Å². The number of phosphoric acid groups is 1. The lowest BCUT2D eigenvalue weighted by Gasteiger charge is -2.39. The lowest BCUT2D eigenvalue weighted by molar-refractivity contribution is -0.440. The van der Waals surface area contributed by atoms with Gasteiger partial charge in [0.15, 0.2) is 0 Å². The number of phosphoric ester groups is 1. The van der Waals surface area contributed by atoms with E-state index in [1.54, 1.807) is 0 Å². The Bertz CT molecular complexity index is 905. The van der Waals surface area contributed by atoms with Crippen LogP contribution in [0.2, 0.25) is 0 Å². The summed E-state index contributed by atoms with van der Waals surface area (Å²) < 4.78 is 259. The number of nitrogens with zero attached hydrogens (tertiary/aromatic N) is 1. The van der Waals surface area contributed by atoms with E-state index in [9.17, 15) is 83.6 Å². The molecular formula is C16H18F18NO6P. The molecule has 0 aromatic heterocycles. The molecule has 0 aliphatic heterocycles. The fourth-order valence-electron chi connectivity index (χ4n) is 2.31. The minimum atomic E-state index is -8.22. The lowest BCUT2D eigenvalue weighted by atomic mass is 9.93. The fourth-order valence-corrected chi connectivity index (χ4v) is 3.56. The Morgan fingerprint density at radius 1 is 0.524 bits per heavy atom. The second kappa shape index (κ2) is 13.4. The van der Waals surface area contributed by atoms with Gasteiger partial charge in [0.25, 0.3) is 0 Å². The van der Waals surface area contributed by atoms with Crippen molar-refractivity contribution in [3.05, 3.63) is 0 Å². The fraction of sp³-hybridized carbons (Fsp3) is 1.00. The van der Waals surface area contributed by atoms with Crippen LogP contribution >= 0.6 is 7.82 Å². The van der Waals surface area contributed by atoms with E-state index in [1.165, 1.54) is 0 Å². The molecule has 0 aliphatic carbocycles. The first-order valence-corrected chi connectivity index (χ1v) is 11.8. The van der Waals surface area contributed by atoms with Gasteiger partial charge in [-0.2, -0.15) is 88.7 Å². The summed E-state index contributed by atoms with van der Waals surface area (Å²) in [4.78, 5) is 0. The predicted molar refractivity (Wildman–Crippen MR) is 97.4 cm³/mol. The highest BCUT2D eigenvalue weighted by Crippen LogP contribution is 2.61. The third kappa shape index (κ3) is 8.67. The van der Waals surface area contributed by atoms with E-state index in [-0.39, 0.29) is 5.06 Å². The summed E-state index contributed by atoms with van der Waals surface area (Å²) in [7, 11) is -5.91. The lowest BCUT2D eigenvalue weighted by Crippen LogP contribution is -2.70. The zero-order valence-corrected chi connectivity index (χ0v) is 20.8. The van der Waals surface area contributed by atoms with E-state index < -0.39 is 108 Å². The molecule has 1 unspecified atom stereocenters. The van der Waals surface area contributed by atoms with Gasteiger partial charge in [0.2, 0.25) is 0 Å². The topological polar surface area (TPSA) is 88.5 Å². The molecule has 2 N–H and O–H groups in total. The van der Waals surface area contributed by atoms with Crippen LogP contribution in [0, 0.1) is 0 Å². The first-order valence-electron chi connectivity index (χ1n) is 10.4. The molecular weight excluding hydrogens is 675 g/mol. The molecule has 26 heteroatoms. The van der Waals surface area contributed by atoms with Crippen molar-refractivity contribution >= 4 is 7.82 Å². The maximum Gasteiger partial charge on any atom is 0.491 e. The van der Waals surface area contributed by atoms with Crippen LogP contribution in [-0.4, -0.2) is 103 Å². The average Bonchev–Trinajstić information content (AvgIpc) is 2.77. The van der Waals surface area contributed by atoms with Crippen molar-refractivity contribution in [3.63, 3.8) is 0 Å². The molecule has 0 saturated heterocycles. The quantitative estimate of drug-likeness (QED) is 0.103. The predicted octanol–water partition coefficient (Wildman–Crippen LogP) is 6.06. The Morgan fingerprint density at radius 3 is 1.21 bits per heavy atom. The number of hydrogen-bond acceptors (Lipinski definition) is 7. The summed E-state index contributed by atoms with van der Waals surface area (Å²) in [5.41, 5.74) is 0. The third-order valence-corrected chi connectivity index (χ3v) is 6.09. The van der Waals surface area contributed by atoms with Crippen molar-refractivity contribution < 1.29 is 107 Å². The Hall–Kier alpha value is -1.27. The van der Waals surface area contributed by atoms with Gasteiger partial charge in [-0.1, -0.05) is 0 Å². The largest absolute Gasteiger partial charge is 0.491 e. The van der Waals surface area contributed by atoms with Crippen LogP contribution in [-0.2, 0) is 18.2 Å². The summed E-state index contributed by atoms with van der Waals surface area (Å²) in [5, 5.41) is 17.7. The van der Waals surface area contributed by atoms with Crippen molar-refractivity contribution in [1.29, 1.82) is 0 Å². The molecule has 42 heavy (non-hydrogen) atoms. The Morgan fingerprint density at radius 2 is 0.881 bits per heavy atom. The Labute approximate surface area is 221 Å². The normalized spacial score (nSPS) is 16.7. The first kappa shape index (κ1) is 40.7. The number of hydrogen-bond donors (Lipinski definition) is 2. The number of aliphatic hydroxyl groups is 2. The Balaban J connectivity index is 6.06. The molecule has 0 fully saturated rings. The maximum absolute atomic E-state index is 13.9. The van der Waals surface area contributed by atoms with Gasteiger partial charge >= 0.3 is 55.7 Å². The summed E-state index contributed by atoms with van der Waals surface area (Å²) in [6.45, 7) is -8.18. The number of aliphatic hydroxyl groups excluding tert-OH is 2. The highest BCUT2D eigenvalue weighted by atomic mass is 31.2. The van der Waals surface area contributed by atoms with Gasteiger partial charge in [0.1, 0.15) is 0 Å². The van der Waals surface area contributed by atoms with Gasteiger partial charge < -0.3 is 10.2 Å². The minimum Gasteiger partial charge on any atom is -0.395 e. The molecule has 0 amide bonds. The molecule has 0 radical (unpaired) electrons. The van der Waals surface area contributed by atoms with E-state index in [4.69, 9.17) is 10.2 Å². The second-order valence-corrected chi connectivity index (χ2v) is 9.35. The second-order valence-electron chi connectivity index (χ2n) is 7.77. The van der Waals surface area contributed by atoms with Crippen molar-refractivity contribution in [2.24, 2.45) is 0 Å². The van der Waals surface area contributed by atoms with Crippen LogP contribution in [0.15, 0.2) is 0 Å². The summed E-state index contributed by atoms with van der Waals surface area (Å²) in [6, 6.07) is 0. The van der Waals surface area contributed by atoms with Crippen LogP contribution in [0.25, 0.3) is 0 Å². The number of hydroxylamine groups is 2. The Kier molecular flexibility index (Phi) is 13.0. The van der Waals surface area contributed by atoms with Gasteiger partial charge in [-0.05, 0) is 0 Å². The molecule has 0 saturated carbocycles. The van der Waals surface area contributed by atoms with Crippen molar-refractivity contribution in [2.45, 2.75) is 60.7 Å². The van der Waals surface area contributed by atoms with Crippen LogP contribution in [0.3, 0.4) is 0 Å². The molecule has 254 valence electrons. The average molecular weight is 693 g/mol. The van der Waals surface area contributed by atoms with E-state index in [1.807, 2.05) is 0 Å². The SMILES string of the molecule is O=P(OCCC(F)(F)C(F)(F)F)(OCCC(F)(F)C(F)(F)C(F)(F)C(F)(F)C(F)(F)C(F)(F)F)ON(CCO)CCO. The van der Waals surface area contributed by atoms with Gasteiger partial charge in [-0.3, -0.25) is 9.05 Å². The molecule has 0 aliphatic rings. The molecule has 0 rings (SSSR count). The third-order valence-electron chi connectivity index (χ3n) is 4.66. The summed E-state index contributed by atoms with van der Waals surface area (Å²) in [6.07, 6.45) is -19.4. The number of halogens is 18. The molecule has 0 aromatic rings. The first-order chi connectivity index (χ1) is 18.4. The van der Waals surface area contributed by atoms with Gasteiger partial charge in [0, 0.05) is 25.9 Å². The van der Waals surface area contributed by atoms with Crippen molar-refractivity contribution in [2.75, 3.05) is 39.5 Å². The number of alkyl halides is 18. The van der Waals surface area contributed by atoms with Crippen LogP contribution in [0.5, 0.6) is 0 Å². The van der Waals surface area contributed by atoms with E-state index in [0.717, 1.165) is 0 Å².